The Kier molecular flexibility index (Phi) is 5.40. The maximum atomic E-state index is 13.1. The normalized spacial score (nSPS) is 11.8. The van der Waals surface area contributed by atoms with Crippen molar-refractivity contribution >= 4 is 5.91 Å². The topological polar surface area (TPSA) is 64.0 Å². The van der Waals surface area contributed by atoms with Crippen LogP contribution in [0.4, 0.5) is 8.78 Å². The third-order valence-electron chi connectivity index (χ3n) is 4.09. The van der Waals surface area contributed by atoms with Crippen LogP contribution >= 0.6 is 0 Å². The van der Waals surface area contributed by atoms with Gasteiger partial charge in [-0.3, -0.25) is 9.59 Å². The Balaban J connectivity index is 1.76. The van der Waals surface area contributed by atoms with Crippen molar-refractivity contribution in [2.75, 3.05) is 0 Å². The molecule has 0 bridgehead atoms. The van der Waals surface area contributed by atoms with Gasteiger partial charge in [0.05, 0.1) is 5.69 Å². The molecule has 1 heterocycles. The molecule has 0 aliphatic rings. The van der Waals surface area contributed by atoms with E-state index < -0.39 is 17.5 Å². The number of halogens is 2. The van der Waals surface area contributed by atoms with E-state index in [4.69, 9.17) is 0 Å². The smallest absolute Gasteiger partial charge is 0.267 e. The number of nitrogens with zero attached hydrogens (tertiary/aromatic N) is 2. The number of carbonyl (C=O) groups is 1. The van der Waals surface area contributed by atoms with Gasteiger partial charge in [-0.25, -0.2) is 13.5 Å². The molecule has 5 nitrogen and oxygen atoms in total. The number of hydrogen-bond acceptors (Lipinski definition) is 3. The van der Waals surface area contributed by atoms with Crippen molar-refractivity contribution in [1.82, 2.24) is 15.1 Å². The van der Waals surface area contributed by atoms with Crippen molar-refractivity contribution in [2.24, 2.45) is 0 Å². The van der Waals surface area contributed by atoms with Crippen LogP contribution in [0, 0.1) is 11.6 Å². The monoisotopic (exact) mass is 369 g/mol. The second-order valence-electron chi connectivity index (χ2n) is 6.03. The number of benzene rings is 2. The van der Waals surface area contributed by atoms with Gasteiger partial charge in [0.1, 0.15) is 17.7 Å². The van der Waals surface area contributed by atoms with Crippen molar-refractivity contribution in [1.29, 1.82) is 0 Å². The Morgan fingerprint density at radius 2 is 1.59 bits per heavy atom. The minimum Gasteiger partial charge on any atom is -0.350 e. The molecule has 138 valence electrons. The Bertz CT molecular complexity index is 999. The summed E-state index contributed by atoms with van der Waals surface area (Å²) in [5.41, 5.74) is 1.39. The number of carbonyl (C=O) groups excluding carboxylic acids is 1. The summed E-state index contributed by atoms with van der Waals surface area (Å²) in [5, 5.41) is 6.93. The molecule has 1 N–H and O–H groups in total. The Hall–Kier alpha value is -3.35. The van der Waals surface area contributed by atoms with Gasteiger partial charge in [0.15, 0.2) is 0 Å². The first-order valence-corrected chi connectivity index (χ1v) is 8.32. The number of aromatic nitrogens is 2. The fourth-order valence-corrected chi connectivity index (χ4v) is 2.53. The largest absolute Gasteiger partial charge is 0.350 e. The summed E-state index contributed by atoms with van der Waals surface area (Å²) in [6, 6.07) is 13.4. The van der Waals surface area contributed by atoms with Crippen molar-refractivity contribution < 1.29 is 13.6 Å². The zero-order valence-electron chi connectivity index (χ0n) is 14.5. The molecule has 0 saturated carbocycles. The minimum absolute atomic E-state index is 0.204. The maximum Gasteiger partial charge on any atom is 0.267 e. The third kappa shape index (κ3) is 4.44. The van der Waals surface area contributed by atoms with E-state index in [-0.39, 0.29) is 18.2 Å². The van der Waals surface area contributed by atoms with Gasteiger partial charge in [0.2, 0.25) is 5.91 Å². The number of nitrogens with one attached hydrogen (secondary N) is 1. The molecule has 0 fully saturated rings. The second-order valence-corrected chi connectivity index (χ2v) is 6.03. The molecule has 1 unspecified atom stereocenters. The summed E-state index contributed by atoms with van der Waals surface area (Å²) in [4.78, 5) is 24.5. The van der Waals surface area contributed by atoms with Crippen LogP contribution in [0.1, 0.15) is 18.5 Å². The summed E-state index contributed by atoms with van der Waals surface area (Å²) >= 11 is 0. The van der Waals surface area contributed by atoms with E-state index in [1.807, 2.05) is 0 Å². The van der Waals surface area contributed by atoms with E-state index in [9.17, 15) is 18.4 Å². The Morgan fingerprint density at radius 1 is 1.00 bits per heavy atom. The van der Waals surface area contributed by atoms with Gasteiger partial charge in [-0.2, -0.15) is 5.10 Å². The molecule has 27 heavy (non-hydrogen) atoms. The lowest BCUT2D eigenvalue weighted by atomic mass is 10.1. The molecule has 1 aromatic heterocycles. The summed E-state index contributed by atoms with van der Waals surface area (Å²) < 4.78 is 27.1. The summed E-state index contributed by atoms with van der Waals surface area (Å²) in [7, 11) is 0. The first-order chi connectivity index (χ1) is 12.9. The molecule has 3 aromatic rings. The molecule has 0 aliphatic carbocycles. The maximum absolute atomic E-state index is 13.1. The molecule has 0 spiro atoms. The van der Waals surface area contributed by atoms with Crippen LogP contribution in [-0.4, -0.2) is 15.7 Å². The quantitative estimate of drug-likeness (QED) is 0.752. The van der Waals surface area contributed by atoms with E-state index in [2.05, 4.69) is 10.4 Å². The summed E-state index contributed by atoms with van der Waals surface area (Å²) in [6.45, 7) is 1.76. The average molecular weight is 369 g/mol. The van der Waals surface area contributed by atoms with Crippen LogP contribution in [0.3, 0.4) is 0 Å². The lowest BCUT2D eigenvalue weighted by Gasteiger charge is -2.15. The lowest BCUT2D eigenvalue weighted by molar-refractivity contribution is -0.124. The van der Waals surface area contributed by atoms with Crippen LogP contribution in [0.15, 0.2) is 65.5 Å². The van der Waals surface area contributed by atoms with Crippen molar-refractivity contribution in [3.05, 3.63) is 88.2 Å². The molecular weight excluding hydrogens is 352 g/mol. The fraction of sp³-hybridized carbons (Fsp3) is 0.150. The van der Waals surface area contributed by atoms with Gasteiger partial charge in [-0.15, -0.1) is 0 Å². The van der Waals surface area contributed by atoms with Gasteiger partial charge in [-0.05, 0) is 55.0 Å². The molecule has 0 radical (unpaired) electrons. The standard InChI is InChI=1S/C20H17F2N3O2/c1-13(20(27)23-12-14-2-6-16(21)7-3-14)25-19(26)11-10-18(24-25)15-4-8-17(22)9-5-15/h2-11,13H,12H2,1H3,(H,23,27). The summed E-state index contributed by atoms with van der Waals surface area (Å²) in [5.74, 6) is -1.13. The molecule has 0 aliphatic heterocycles. The SMILES string of the molecule is CC(C(=O)NCc1ccc(F)cc1)n1nc(-c2ccc(F)cc2)ccc1=O. The van der Waals surface area contributed by atoms with Gasteiger partial charge in [0.25, 0.3) is 5.56 Å². The number of amides is 1. The van der Waals surface area contributed by atoms with E-state index >= 15 is 0 Å². The van der Waals surface area contributed by atoms with E-state index in [0.29, 0.717) is 11.3 Å². The van der Waals surface area contributed by atoms with E-state index in [1.54, 1.807) is 31.2 Å². The van der Waals surface area contributed by atoms with Crippen molar-refractivity contribution in [3.63, 3.8) is 0 Å². The fourth-order valence-electron chi connectivity index (χ4n) is 2.53. The van der Waals surface area contributed by atoms with Gasteiger partial charge in [-0.1, -0.05) is 12.1 Å². The predicted octanol–water partition coefficient (Wildman–Crippen LogP) is 3.07. The number of rotatable bonds is 5. The zero-order chi connectivity index (χ0) is 19.4. The molecule has 0 saturated heterocycles. The highest BCUT2D eigenvalue weighted by molar-refractivity contribution is 5.79. The molecule has 1 amide bonds. The molecule has 2 aromatic carbocycles. The Morgan fingerprint density at radius 3 is 2.22 bits per heavy atom. The Labute approximate surface area is 154 Å². The zero-order valence-corrected chi connectivity index (χ0v) is 14.5. The molecule has 3 rings (SSSR count). The first kappa shape index (κ1) is 18.4. The van der Waals surface area contributed by atoms with Crippen LogP contribution < -0.4 is 10.9 Å². The van der Waals surface area contributed by atoms with Crippen LogP contribution in [0.5, 0.6) is 0 Å². The van der Waals surface area contributed by atoms with Gasteiger partial charge in [0, 0.05) is 18.2 Å². The highest BCUT2D eigenvalue weighted by Crippen LogP contribution is 2.16. The third-order valence-corrected chi connectivity index (χ3v) is 4.09. The van der Waals surface area contributed by atoms with Crippen molar-refractivity contribution in [2.45, 2.75) is 19.5 Å². The van der Waals surface area contributed by atoms with Crippen LogP contribution in [0.2, 0.25) is 0 Å². The second kappa shape index (κ2) is 7.90. The number of hydrogen-bond donors (Lipinski definition) is 1. The summed E-state index contributed by atoms with van der Waals surface area (Å²) in [6.07, 6.45) is 0. The van der Waals surface area contributed by atoms with Gasteiger partial charge < -0.3 is 5.32 Å². The molecular formula is C20H17F2N3O2. The average Bonchev–Trinajstić information content (AvgIpc) is 2.68. The lowest BCUT2D eigenvalue weighted by Crippen LogP contribution is -2.36. The van der Waals surface area contributed by atoms with Crippen LogP contribution in [-0.2, 0) is 11.3 Å². The highest BCUT2D eigenvalue weighted by Gasteiger charge is 2.18. The minimum atomic E-state index is -0.849. The molecule has 7 heteroatoms. The first-order valence-electron chi connectivity index (χ1n) is 8.32. The van der Waals surface area contributed by atoms with E-state index in [0.717, 1.165) is 10.2 Å². The highest BCUT2D eigenvalue weighted by atomic mass is 19.1. The van der Waals surface area contributed by atoms with Gasteiger partial charge >= 0.3 is 0 Å². The van der Waals surface area contributed by atoms with Crippen molar-refractivity contribution in [3.8, 4) is 11.3 Å². The van der Waals surface area contributed by atoms with Crippen LogP contribution in [0.25, 0.3) is 11.3 Å². The predicted molar refractivity (Wildman–Crippen MR) is 96.8 cm³/mol. The molecule has 1 atom stereocenters. The van der Waals surface area contributed by atoms with E-state index in [1.165, 1.54) is 36.4 Å².